The van der Waals surface area contributed by atoms with Gasteiger partial charge in [0.25, 0.3) is 0 Å². The minimum absolute atomic E-state index is 0.0262. The van der Waals surface area contributed by atoms with E-state index in [1.807, 2.05) is 6.07 Å². The van der Waals surface area contributed by atoms with E-state index in [1.165, 1.54) is 7.11 Å². The number of sulfonamides is 1. The SMILES string of the molecule is COc1ccc(N2CC3(COC3)C2)cc1S(N)(=O)=O. The molecule has 0 atom stereocenters. The third-order valence-electron chi connectivity index (χ3n) is 3.69. The molecule has 19 heavy (non-hydrogen) atoms. The fourth-order valence-electron chi connectivity index (χ4n) is 2.60. The molecule has 2 saturated heterocycles. The van der Waals surface area contributed by atoms with Crippen LogP contribution >= 0.6 is 0 Å². The molecule has 7 heteroatoms. The van der Waals surface area contributed by atoms with Crippen LogP contribution < -0.4 is 14.8 Å². The van der Waals surface area contributed by atoms with Crippen LogP contribution in [0.15, 0.2) is 23.1 Å². The van der Waals surface area contributed by atoms with Gasteiger partial charge in [-0.2, -0.15) is 0 Å². The highest BCUT2D eigenvalue weighted by Crippen LogP contribution is 2.41. The van der Waals surface area contributed by atoms with Gasteiger partial charge in [-0.3, -0.25) is 0 Å². The molecule has 2 fully saturated rings. The standard InChI is InChI=1S/C12H16N2O4S/c1-17-10-3-2-9(4-11(10)19(13,15)16)14-5-12(6-14)7-18-8-12/h2-4H,5-8H2,1H3,(H2,13,15,16). The van der Waals surface area contributed by atoms with E-state index in [2.05, 4.69) is 4.90 Å². The molecule has 1 aromatic rings. The number of benzene rings is 1. The third kappa shape index (κ3) is 2.07. The number of primary sulfonamides is 1. The second-order valence-corrected chi connectivity index (χ2v) is 6.76. The summed E-state index contributed by atoms with van der Waals surface area (Å²) in [5.74, 6) is 0.272. The molecule has 0 radical (unpaired) electrons. The second kappa shape index (κ2) is 4.09. The number of methoxy groups -OCH3 is 1. The molecule has 2 N–H and O–H groups in total. The van der Waals surface area contributed by atoms with Crippen molar-refractivity contribution in [3.63, 3.8) is 0 Å². The van der Waals surface area contributed by atoms with Crippen LogP contribution in [-0.4, -0.2) is 41.8 Å². The number of anilines is 1. The Morgan fingerprint density at radius 1 is 1.37 bits per heavy atom. The van der Waals surface area contributed by atoms with Crippen molar-refractivity contribution in [3.8, 4) is 5.75 Å². The van der Waals surface area contributed by atoms with Gasteiger partial charge in [0, 0.05) is 18.8 Å². The molecule has 0 amide bonds. The maximum Gasteiger partial charge on any atom is 0.241 e. The molecule has 1 aromatic carbocycles. The highest BCUT2D eigenvalue weighted by molar-refractivity contribution is 7.89. The van der Waals surface area contributed by atoms with Gasteiger partial charge in [-0.1, -0.05) is 0 Å². The molecule has 6 nitrogen and oxygen atoms in total. The summed E-state index contributed by atoms with van der Waals surface area (Å²) >= 11 is 0. The van der Waals surface area contributed by atoms with Crippen molar-refractivity contribution in [2.24, 2.45) is 10.6 Å². The van der Waals surface area contributed by atoms with Crippen molar-refractivity contribution >= 4 is 15.7 Å². The molecule has 2 aliphatic heterocycles. The van der Waals surface area contributed by atoms with E-state index in [-0.39, 0.29) is 16.1 Å². The largest absolute Gasteiger partial charge is 0.495 e. The van der Waals surface area contributed by atoms with Crippen LogP contribution in [0.3, 0.4) is 0 Å². The van der Waals surface area contributed by atoms with Gasteiger partial charge in [-0.05, 0) is 18.2 Å². The Morgan fingerprint density at radius 3 is 2.53 bits per heavy atom. The van der Waals surface area contributed by atoms with Crippen LogP contribution in [0.4, 0.5) is 5.69 Å². The summed E-state index contributed by atoms with van der Waals surface area (Å²) in [6, 6.07) is 5.05. The molecule has 0 aromatic heterocycles. The molecule has 0 aliphatic carbocycles. The first kappa shape index (κ1) is 12.7. The summed E-state index contributed by atoms with van der Waals surface area (Å²) in [5, 5.41) is 5.21. The second-order valence-electron chi connectivity index (χ2n) is 5.23. The van der Waals surface area contributed by atoms with E-state index >= 15 is 0 Å². The van der Waals surface area contributed by atoms with Crippen LogP contribution in [-0.2, 0) is 14.8 Å². The molecule has 2 aliphatic rings. The molecule has 0 unspecified atom stereocenters. The number of hydrogen-bond donors (Lipinski definition) is 1. The Labute approximate surface area is 112 Å². The predicted molar refractivity (Wildman–Crippen MR) is 69.8 cm³/mol. The maximum absolute atomic E-state index is 11.5. The summed E-state index contributed by atoms with van der Waals surface area (Å²) in [4.78, 5) is 2.15. The molecular formula is C12H16N2O4S. The average Bonchev–Trinajstić information content (AvgIpc) is 2.24. The van der Waals surface area contributed by atoms with Gasteiger partial charge in [0.05, 0.1) is 25.7 Å². The van der Waals surface area contributed by atoms with Crippen LogP contribution in [0.1, 0.15) is 0 Å². The zero-order valence-corrected chi connectivity index (χ0v) is 11.4. The normalized spacial score (nSPS) is 20.8. The molecule has 3 rings (SSSR count). The van der Waals surface area contributed by atoms with Gasteiger partial charge in [-0.25, -0.2) is 13.6 Å². The lowest BCUT2D eigenvalue weighted by Gasteiger charge is -2.56. The van der Waals surface area contributed by atoms with Crippen LogP contribution in [0.2, 0.25) is 0 Å². The van der Waals surface area contributed by atoms with Crippen LogP contribution in [0.5, 0.6) is 5.75 Å². The van der Waals surface area contributed by atoms with E-state index in [0.29, 0.717) is 0 Å². The zero-order valence-electron chi connectivity index (χ0n) is 10.6. The van der Waals surface area contributed by atoms with Crippen molar-refractivity contribution in [2.75, 3.05) is 38.3 Å². The fourth-order valence-corrected chi connectivity index (χ4v) is 3.32. The van der Waals surface area contributed by atoms with E-state index < -0.39 is 10.0 Å². The van der Waals surface area contributed by atoms with Crippen LogP contribution in [0, 0.1) is 5.41 Å². The first-order valence-electron chi connectivity index (χ1n) is 5.97. The van der Waals surface area contributed by atoms with Crippen molar-refractivity contribution in [1.82, 2.24) is 0 Å². The minimum atomic E-state index is -3.78. The van der Waals surface area contributed by atoms with Crippen molar-refractivity contribution < 1.29 is 17.9 Å². The summed E-state index contributed by atoms with van der Waals surface area (Å²) < 4.78 is 33.3. The van der Waals surface area contributed by atoms with E-state index in [1.54, 1.807) is 12.1 Å². The molecule has 0 saturated carbocycles. The predicted octanol–water partition coefficient (Wildman–Crippen LogP) is 0.179. The third-order valence-corrected chi connectivity index (χ3v) is 4.62. The highest BCUT2D eigenvalue weighted by atomic mass is 32.2. The lowest BCUT2D eigenvalue weighted by Crippen LogP contribution is -2.66. The quantitative estimate of drug-likeness (QED) is 0.856. The average molecular weight is 284 g/mol. The van der Waals surface area contributed by atoms with Gasteiger partial charge >= 0.3 is 0 Å². The lowest BCUT2D eigenvalue weighted by atomic mass is 9.78. The van der Waals surface area contributed by atoms with Gasteiger partial charge in [0.1, 0.15) is 10.6 Å². The smallest absolute Gasteiger partial charge is 0.241 e. The molecule has 104 valence electrons. The fraction of sp³-hybridized carbons (Fsp3) is 0.500. The van der Waals surface area contributed by atoms with E-state index in [4.69, 9.17) is 14.6 Å². The Hall–Kier alpha value is -1.31. The van der Waals surface area contributed by atoms with Crippen molar-refractivity contribution in [3.05, 3.63) is 18.2 Å². The lowest BCUT2D eigenvalue weighted by molar-refractivity contribution is -0.127. The summed E-state index contributed by atoms with van der Waals surface area (Å²) in [6.45, 7) is 3.37. The Kier molecular flexibility index (Phi) is 2.74. The molecule has 2 heterocycles. The Bertz CT molecular complexity index is 602. The summed E-state index contributed by atoms with van der Waals surface area (Å²) in [7, 11) is -2.36. The topological polar surface area (TPSA) is 81.9 Å². The van der Waals surface area contributed by atoms with Crippen LogP contribution in [0.25, 0.3) is 0 Å². The minimum Gasteiger partial charge on any atom is -0.495 e. The Morgan fingerprint density at radius 2 is 2.05 bits per heavy atom. The number of nitrogens with two attached hydrogens (primary N) is 1. The van der Waals surface area contributed by atoms with E-state index in [0.717, 1.165) is 32.0 Å². The van der Waals surface area contributed by atoms with Gasteiger partial charge in [0.2, 0.25) is 10.0 Å². The highest BCUT2D eigenvalue weighted by Gasteiger charge is 2.49. The zero-order chi connectivity index (χ0) is 13.7. The number of hydrogen-bond acceptors (Lipinski definition) is 5. The summed E-state index contributed by atoms with van der Waals surface area (Å²) in [6.07, 6.45) is 0. The van der Waals surface area contributed by atoms with Gasteiger partial charge in [-0.15, -0.1) is 0 Å². The number of nitrogens with zero attached hydrogens (tertiary/aromatic N) is 1. The number of rotatable bonds is 3. The first-order valence-corrected chi connectivity index (χ1v) is 7.52. The van der Waals surface area contributed by atoms with E-state index in [9.17, 15) is 8.42 Å². The van der Waals surface area contributed by atoms with Crippen molar-refractivity contribution in [1.29, 1.82) is 0 Å². The van der Waals surface area contributed by atoms with Gasteiger partial charge in [0.15, 0.2) is 0 Å². The molecule has 1 spiro atoms. The maximum atomic E-state index is 11.5. The summed E-state index contributed by atoms with van der Waals surface area (Å²) in [5.41, 5.74) is 1.13. The number of ether oxygens (including phenoxy) is 2. The molecular weight excluding hydrogens is 268 g/mol. The first-order chi connectivity index (χ1) is 8.93. The Balaban J connectivity index is 1.88. The monoisotopic (exact) mass is 284 g/mol. The van der Waals surface area contributed by atoms with Gasteiger partial charge < -0.3 is 14.4 Å². The van der Waals surface area contributed by atoms with Crippen molar-refractivity contribution in [2.45, 2.75) is 4.90 Å². The molecule has 0 bridgehead atoms.